The van der Waals surface area contributed by atoms with Crippen molar-refractivity contribution in [3.8, 4) is 5.69 Å². The minimum Gasteiger partial charge on any atom is -0.466 e. The molecule has 9 nitrogen and oxygen atoms in total. The molecule has 1 aromatic carbocycles. The first kappa shape index (κ1) is 21.9. The third kappa shape index (κ3) is 3.84. The van der Waals surface area contributed by atoms with Crippen molar-refractivity contribution in [3.63, 3.8) is 0 Å². The third-order valence-electron chi connectivity index (χ3n) is 5.74. The van der Waals surface area contributed by atoms with Crippen LogP contribution in [-0.2, 0) is 16.6 Å². The zero-order valence-electron chi connectivity index (χ0n) is 17.8. The van der Waals surface area contributed by atoms with Gasteiger partial charge in [0.2, 0.25) is 0 Å². The smallest absolute Gasteiger partial charge is 0.333 e. The number of amides is 1. The summed E-state index contributed by atoms with van der Waals surface area (Å²) in [6.07, 6.45) is 2.57. The first-order chi connectivity index (χ1) is 15.3. The highest BCUT2D eigenvalue weighted by molar-refractivity contribution is 6.30. The van der Waals surface area contributed by atoms with E-state index in [0.717, 1.165) is 4.57 Å². The summed E-state index contributed by atoms with van der Waals surface area (Å²) in [7, 11) is 1.65. The maximum atomic E-state index is 13.2. The Bertz CT molecular complexity index is 1300. The number of hydrogen-bond acceptors (Lipinski definition) is 5. The molecule has 168 valence electrons. The van der Waals surface area contributed by atoms with Crippen LogP contribution in [0.5, 0.6) is 0 Å². The number of aromatic nitrogens is 3. The van der Waals surface area contributed by atoms with Gasteiger partial charge in [-0.25, -0.2) is 9.36 Å². The topological polar surface area (TPSA) is 106 Å². The number of rotatable bonds is 4. The van der Waals surface area contributed by atoms with Gasteiger partial charge in [-0.05, 0) is 44.0 Å². The predicted molar refractivity (Wildman–Crippen MR) is 119 cm³/mol. The van der Waals surface area contributed by atoms with Crippen molar-refractivity contribution in [2.24, 2.45) is 13.0 Å². The molecule has 1 aliphatic heterocycles. The van der Waals surface area contributed by atoms with Crippen molar-refractivity contribution < 1.29 is 14.3 Å². The molecule has 0 spiro atoms. The predicted octanol–water partition coefficient (Wildman–Crippen LogP) is 2.09. The summed E-state index contributed by atoms with van der Waals surface area (Å²) >= 11 is 5.91. The van der Waals surface area contributed by atoms with Crippen LogP contribution in [-0.4, -0.2) is 50.6 Å². The van der Waals surface area contributed by atoms with Crippen LogP contribution in [0, 0.1) is 5.92 Å². The number of nitrogens with one attached hydrogen (secondary N) is 1. The van der Waals surface area contributed by atoms with Crippen LogP contribution < -0.4 is 11.2 Å². The summed E-state index contributed by atoms with van der Waals surface area (Å²) in [4.78, 5) is 55.4. The lowest BCUT2D eigenvalue weighted by molar-refractivity contribution is -0.149. The second kappa shape index (κ2) is 8.66. The van der Waals surface area contributed by atoms with Gasteiger partial charge in [-0.1, -0.05) is 11.6 Å². The molecule has 0 atom stereocenters. The highest BCUT2D eigenvalue weighted by Gasteiger charge is 2.30. The first-order valence-corrected chi connectivity index (χ1v) is 10.8. The lowest BCUT2D eigenvalue weighted by Crippen LogP contribution is -2.41. The van der Waals surface area contributed by atoms with Crippen molar-refractivity contribution in [1.82, 2.24) is 19.0 Å². The largest absolute Gasteiger partial charge is 0.466 e. The Morgan fingerprint density at radius 1 is 1.16 bits per heavy atom. The number of aromatic amines is 1. The number of carbonyl (C=O) groups excluding carboxylic acids is 2. The van der Waals surface area contributed by atoms with Gasteiger partial charge >= 0.3 is 11.7 Å². The normalized spacial score (nSPS) is 14.7. The van der Waals surface area contributed by atoms with E-state index in [1.165, 1.54) is 0 Å². The van der Waals surface area contributed by atoms with Crippen LogP contribution in [0.1, 0.15) is 30.1 Å². The van der Waals surface area contributed by atoms with Gasteiger partial charge in [-0.3, -0.25) is 14.4 Å². The van der Waals surface area contributed by atoms with Crippen LogP contribution >= 0.6 is 11.6 Å². The standard InChI is InChI=1S/C22H23ClN4O5/c1-3-32-21(30)13-8-10-26(11-9-13)19(28)16-12-25(2)18-17(16)24-22(31)27(20(18)29)15-6-4-14(23)5-7-15/h4-7,12-13H,3,8-11H2,1-2H3,(H,24,31). The fourth-order valence-electron chi connectivity index (χ4n) is 4.11. The minimum atomic E-state index is -0.647. The van der Waals surface area contributed by atoms with Gasteiger partial charge in [0.25, 0.3) is 11.5 Å². The molecule has 3 aromatic rings. The summed E-state index contributed by atoms with van der Waals surface area (Å²) in [6, 6.07) is 6.33. The molecule has 3 heterocycles. The van der Waals surface area contributed by atoms with E-state index in [9.17, 15) is 19.2 Å². The minimum absolute atomic E-state index is 0.199. The summed E-state index contributed by atoms with van der Waals surface area (Å²) in [5.41, 5.74) is -0.151. The Labute approximate surface area is 188 Å². The Morgan fingerprint density at radius 2 is 1.81 bits per heavy atom. The van der Waals surface area contributed by atoms with Crippen LogP contribution in [0.4, 0.5) is 0 Å². The van der Waals surface area contributed by atoms with Crippen molar-refractivity contribution in [2.45, 2.75) is 19.8 Å². The second-order valence-corrected chi connectivity index (χ2v) is 8.18. The Morgan fingerprint density at radius 3 is 2.44 bits per heavy atom. The first-order valence-electron chi connectivity index (χ1n) is 10.4. The average Bonchev–Trinajstić information content (AvgIpc) is 3.11. The summed E-state index contributed by atoms with van der Waals surface area (Å²) in [5.74, 6) is -0.757. The molecule has 2 aromatic heterocycles. The highest BCUT2D eigenvalue weighted by atomic mass is 35.5. The van der Waals surface area contributed by atoms with Gasteiger partial charge in [-0.15, -0.1) is 0 Å². The van der Waals surface area contributed by atoms with E-state index < -0.39 is 11.2 Å². The van der Waals surface area contributed by atoms with Crippen molar-refractivity contribution >= 4 is 34.5 Å². The van der Waals surface area contributed by atoms with Crippen LogP contribution in [0.25, 0.3) is 16.7 Å². The van der Waals surface area contributed by atoms with E-state index in [-0.39, 0.29) is 34.4 Å². The van der Waals surface area contributed by atoms with Crippen molar-refractivity contribution in [1.29, 1.82) is 0 Å². The summed E-state index contributed by atoms with van der Waals surface area (Å²) in [6.45, 7) is 2.88. The Balaban J connectivity index is 1.67. The van der Waals surface area contributed by atoms with Gasteiger partial charge in [-0.2, -0.15) is 0 Å². The fraction of sp³-hybridized carbons (Fsp3) is 0.364. The molecule has 0 radical (unpaired) electrons. The number of H-pyrrole nitrogens is 1. The fourth-order valence-corrected chi connectivity index (χ4v) is 4.23. The lowest BCUT2D eigenvalue weighted by atomic mass is 9.96. The van der Waals surface area contributed by atoms with E-state index in [2.05, 4.69) is 4.98 Å². The molecular weight excluding hydrogens is 436 g/mol. The molecule has 1 aliphatic rings. The number of halogens is 1. The summed E-state index contributed by atoms with van der Waals surface area (Å²) < 4.78 is 7.63. The van der Waals surface area contributed by atoms with Gasteiger partial charge < -0.3 is 19.2 Å². The van der Waals surface area contributed by atoms with Gasteiger partial charge in [0.1, 0.15) is 5.52 Å². The zero-order valence-corrected chi connectivity index (χ0v) is 18.5. The Hall–Kier alpha value is -3.33. The van der Waals surface area contributed by atoms with Crippen molar-refractivity contribution in [2.75, 3.05) is 19.7 Å². The monoisotopic (exact) mass is 458 g/mol. The van der Waals surface area contributed by atoms with Crippen LogP contribution in [0.15, 0.2) is 40.1 Å². The highest BCUT2D eigenvalue weighted by Crippen LogP contribution is 2.23. The Kier molecular flexibility index (Phi) is 5.92. The maximum absolute atomic E-state index is 13.2. The SMILES string of the molecule is CCOC(=O)C1CCN(C(=O)c2cn(C)c3c(=O)n(-c4ccc(Cl)cc4)c(=O)[nH]c23)CC1. The van der Waals surface area contributed by atoms with Crippen LogP contribution in [0.2, 0.25) is 5.02 Å². The molecule has 4 rings (SSSR count). The average molecular weight is 459 g/mol. The number of esters is 1. The number of carbonyl (C=O) groups is 2. The molecule has 0 unspecified atom stereocenters. The third-order valence-corrected chi connectivity index (χ3v) is 5.99. The maximum Gasteiger partial charge on any atom is 0.333 e. The molecule has 1 saturated heterocycles. The van der Waals surface area contributed by atoms with E-state index in [1.807, 2.05) is 0 Å². The molecule has 10 heteroatoms. The molecule has 0 saturated carbocycles. The molecule has 1 fully saturated rings. The number of piperidine rings is 1. The number of benzene rings is 1. The number of nitrogens with zero attached hydrogens (tertiary/aromatic N) is 3. The number of aryl methyl sites for hydroxylation is 1. The number of likely N-dealkylation sites (tertiary alicyclic amines) is 1. The second-order valence-electron chi connectivity index (χ2n) is 7.74. The molecule has 1 N–H and O–H groups in total. The van der Waals surface area contributed by atoms with Crippen LogP contribution in [0.3, 0.4) is 0 Å². The van der Waals surface area contributed by atoms with E-state index >= 15 is 0 Å². The zero-order chi connectivity index (χ0) is 23.0. The van der Waals surface area contributed by atoms with E-state index in [4.69, 9.17) is 16.3 Å². The molecule has 0 bridgehead atoms. The number of ether oxygens (including phenoxy) is 1. The molecular formula is C22H23ClN4O5. The van der Waals surface area contributed by atoms with Crippen molar-refractivity contribution in [3.05, 3.63) is 61.9 Å². The van der Waals surface area contributed by atoms with Gasteiger partial charge in [0.15, 0.2) is 0 Å². The van der Waals surface area contributed by atoms with E-state index in [1.54, 1.807) is 53.9 Å². The van der Waals surface area contributed by atoms with Gasteiger partial charge in [0, 0.05) is 31.4 Å². The molecule has 1 amide bonds. The molecule has 32 heavy (non-hydrogen) atoms. The number of fused-ring (bicyclic) bond motifs is 1. The quantitative estimate of drug-likeness (QED) is 0.602. The van der Waals surface area contributed by atoms with E-state index in [0.29, 0.717) is 43.2 Å². The molecule has 0 aliphatic carbocycles. The summed E-state index contributed by atoms with van der Waals surface area (Å²) in [5, 5.41) is 0.484. The number of hydrogen-bond donors (Lipinski definition) is 1. The van der Waals surface area contributed by atoms with Gasteiger partial charge in [0.05, 0.1) is 29.3 Å². The lowest BCUT2D eigenvalue weighted by Gasteiger charge is -2.30.